The fourth-order valence-corrected chi connectivity index (χ4v) is 2.58. The molecule has 1 atom stereocenters. The van der Waals surface area contributed by atoms with E-state index in [1.807, 2.05) is 24.3 Å². The summed E-state index contributed by atoms with van der Waals surface area (Å²) in [5.41, 5.74) is 7.09. The van der Waals surface area contributed by atoms with Crippen molar-refractivity contribution in [3.63, 3.8) is 0 Å². The van der Waals surface area contributed by atoms with E-state index < -0.39 is 0 Å². The molecule has 17 heavy (non-hydrogen) atoms. The molecule has 2 aliphatic rings. The van der Waals surface area contributed by atoms with Gasteiger partial charge in [-0.15, -0.1) is 0 Å². The molecule has 2 saturated heterocycles. The van der Waals surface area contributed by atoms with E-state index in [0.29, 0.717) is 25.4 Å². The van der Waals surface area contributed by atoms with Crippen LogP contribution < -0.4 is 16.0 Å². The number of nitrogens with two attached hydrogens (primary N) is 1. The lowest BCUT2D eigenvalue weighted by molar-refractivity contribution is 0.181. The maximum atomic E-state index is 12.0. The highest BCUT2D eigenvalue weighted by atomic mass is 16.5. The van der Waals surface area contributed by atoms with Crippen LogP contribution in [0.3, 0.4) is 0 Å². The van der Waals surface area contributed by atoms with Crippen molar-refractivity contribution in [3.05, 3.63) is 24.3 Å². The Hall–Kier alpha value is -1.75. The predicted molar refractivity (Wildman–Crippen MR) is 64.9 cm³/mol. The van der Waals surface area contributed by atoms with Crippen molar-refractivity contribution in [1.82, 2.24) is 5.32 Å². The van der Waals surface area contributed by atoms with Gasteiger partial charge < -0.3 is 15.8 Å². The molecule has 90 valence electrons. The Morgan fingerprint density at radius 3 is 2.94 bits per heavy atom. The minimum Gasteiger partial charge on any atom is -0.397 e. The molecular formula is C12H15N3O2. The molecule has 3 rings (SSSR count). The molecule has 2 fully saturated rings. The van der Waals surface area contributed by atoms with Crippen molar-refractivity contribution in [1.29, 1.82) is 0 Å². The number of carbonyl (C=O) groups excluding carboxylic acids is 1. The molecule has 5 nitrogen and oxygen atoms in total. The zero-order chi connectivity index (χ0) is 11.9. The average Bonchev–Trinajstić information content (AvgIpc) is 2.90. The third-order valence-corrected chi connectivity index (χ3v) is 3.51. The van der Waals surface area contributed by atoms with E-state index in [2.05, 4.69) is 5.32 Å². The predicted octanol–water partition coefficient (Wildman–Crippen LogP) is 0.958. The van der Waals surface area contributed by atoms with Crippen LogP contribution in [0, 0.1) is 0 Å². The average molecular weight is 233 g/mol. The summed E-state index contributed by atoms with van der Waals surface area (Å²) in [6, 6.07) is 7.35. The van der Waals surface area contributed by atoms with Crippen LogP contribution in [0.25, 0.3) is 0 Å². The van der Waals surface area contributed by atoms with Crippen LogP contribution >= 0.6 is 0 Å². The van der Waals surface area contributed by atoms with Crippen molar-refractivity contribution >= 4 is 17.4 Å². The third kappa shape index (κ3) is 1.46. The first-order valence-corrected chi connectivity index (χ1v) is 5.73. The van der Waals surface area contributed by atoms with E-state index in [9.17, 15) is 4.79 Å². The summed E-state index contributed by atoms with van der Waals surface area (Å²) in [6.07, 6.45) is 0.847. The number of urea groups is 1. The lowest BCUT2D eigenvalue weighted by atomic mass is 9.97. The molecule has 5 heteroatoms. The van der Waals surface area contributed by atoms with E-state index >= 15 is 0 Å². The smallest absolute Gasteiger partial charge is 0.322 e. The number of ether oxygens (including phenoxy) is 1. The number of rotatable bonds is 1. The molecule has 0 radical (unpaired) electrons. The van der Waals surface area contributed by atoms with Crippen LogP contribution in [-0.2, 0) is 4.74 Å². The van der Waals surface area contributed by atoms with Crippen molar-refractivity contribution in [2.45, 2.75) is 12.0 Å². The molecule has 0 saturated carbocycles. The first-order valence-electron chi connectivity index (χ1n) is 5.73. The topological polar surface area (TPSA) is 67.6 Å². The number of para-hydroxylation sites is 2. The number of anilines is 2. The molecule has 0 aliphatic carbocycles. The Morgan fingerprint density at radius 2 is 2.24 bits per heavy atom. The van der Waals surface area contributed by atoms with E-state index in [1.54, 1.807) is 4.90 Å². The van der Waals surface area contributed by atoms with Crippen molar-refractivity contribution in [2.24, 2.45) is 0 Å². The second-order valence-electron chi connectivity index (χ2n) is 4.58. The zero-order valence-corrected chi connectivity index (χ0v) is 9.48. The summed E-state index contributed by atoms with van der Waals surface area (Å²) in [6.45, 7) is 1.89. The Kier molecular flexibility index (Phi) is 2.22. The van der Waals surface area contributed by atoms with Crippen LogP contribution in [0.1, 0.15) is 6.42 Å². The number of benzene rings is 1. The van der Waals surface area contributed by atoms with E-state index in [4.69, 9.17) is 10.5 Å². The molecule has 2 aliphatic heterocycles. The number of hydrogen-bond acceptors (Lipinski definition) is 3. The maximum Gasteiger partial charge on any atom is 0.322 e. The van der Waals surface area contributed by atoms with Gasteiger partial charge in [0.15, 0.2) is 0 Å². The van der Waals surface area contributed by atoms with Crippen LogP contribution in [0.15, 0.2) is 24.3 Å². The van der Waals surface area contributed by atoms with Crippen LogP contribution in [-0.4, -0.2) is 31.3 Å². The van der Waals surface area contributed by atoms with Gasteiger partial charge in [0.1, 0.15) is 0 Å². The molecule has 0 bridgehead atoms. The van der Waals surface area contributed by atoms with Gasteiger partial charge in [-0.2, -0.15) is 0 Å². The molecule has 0 aromatic heterocycles. The molecule has 1 spiro atoms. The molecule has 2 heterocycles. The Bertz CT molecular complexity index is 455. The normalized spacial score (nSPS) is 27.8. The minimum absolute atomic E-state index is 0.0894. The number of hydrogen-bond donors (Lipinski definition) is 2. The summed E-state index contributed by atoms with van der Waals surface area (Å²) in [4.78, 5) is 13.8. The molecule has 3 N–H and O–H groups in total. The summed E-state index contributed by atoms with van der Waals surface area (Å²) in [5, 5.41) is 2.88. The van der Waals surface area contributed by atoms with Gasteiger partial charge in [-0.3, -0.25) is 4.90 Å². The number of amides is 2. The van der Waals surface area contributed by atoms with Crippen LogP contribution in [0.2, 0.25) is 0 Å². The monoisotopic (exact) mass is 233 g/mol. The van der Waals surface area contributed by atoms with Crippen LogP contribution in [0.5, 0.6) is 0 Å². The molecule has 1 unspecified atom stereocenters. The summed E-state index contributed by atoms with van der Waals surface area (Å²) < 4.78 is 5.45. The SMILES string of the molecule is Nc1ccccc1N1C(=O)NCC12CCOC2. The van der Waals surface area contributed by atoms with Crippen LogP contribution in [0.4, 0.5) is 16.2 Å². The zero-order valence-electron chi connectivity index (χ0n) is 9.48. The Balaban J connectivity index is 2.05. The molecule has 1 aromatic carbocycles. The second-order valence-corrected chi connectivity index (χ2v) is 4.58. The summed E-state index contributed by atoms with van der Waals surface area (Å²) in [7, 11) is 0. The molecular weight excluding hydrogens is 218 g/mol. The van der Waals surface area contributed by atoms with Crippen molar-refractivity contribution in [2.75, 3.05) is 30.4 Å². The van der Waals surface area contributed by atoms with Gasteiger partial charge >= 0.3 is 6.03 Å². The van der Waals surface area contributed by atoms with Gasteiger partial charge in [-0.25, -0.2) is 4.79 Å². The maximum absolute atomic E-state index is 12.0. The fourth-order valence-electron chi connectivity index (χ4n) is 2.58. The Morgan fingerprint density at radius 1 is 1.41 bits per heavy atom. The third-order valence-electron chi connectivity index (χ3n) is 3.51. The van der Waals surface area contributed by atoms with Gasteiger partial charge in [-0.05, 0) is 18.6 Å². The highest BCUT2D eigenvalue weighted by Crippen LogP contribution is 2.36. The Labute approximate surface area is 99.5 Å². The summed E-state index contributed by atoms with van der Waals surface area (Å²) >= 11 is 0. The first-order chi connectivity index (χ1) is 8.23. The van der Waals surface area contributed by atoms with Gasteiger partial charge in [0.05, 0.1) is 23.5 Å². The van der Waals surface area contributed by atoms with Gasteiger partial charge in [0, 0.05) is 13.2 Å². The number of nitrogen functional groups attached to an aromatic ring is 1. The van der Waals surface area contributed by atoms with Crippen molar-refractivity contribution < 1.29 is 9.53 Å². The van der Waals surface area contributed by atoms with E-state index in [0.717, 1.165) is 12.1 Å². The standard InChI is InChI=1S/C12H15N3O2/c13-9-3-1-2-4-10(9)15-11(16)14-7-12(15)5-6-17-8-12/h1-4H,5-8,13H2,(H,14,16). The second kappa shape index (κ2) is 3.63. The summed E-state index contributed by atoms with van der Waals surface area (Å²) in [5.74, 6) is 0. The highest BCUT2D eigenvalue weighted by molar-refractivity contribution is 5.99. The number of nitrogens with zero attached hydrogens (tertiary/aromatic N) is 1. The van der Waals surface area contributed by atoms with E-state index in [-0.39, 0.29) is 11.6 Å². The largest absolute Gasteiger partial charge is 0.397 e. The number of carbonyl (C=O) groups is 1. The fraction of sp³-hybridized carbons (Fsp3) is 0.417. The van der Waals surface area contributed by atoms with E-state index in [1.165, 1.54) is 0 Å². The lowest BCUT2D eigenvalue weighted by Crippen LogP contribution is -2.48. The lowest BCUT2D eigenvalue weighted by Gasteiger charge is -2.32. The van der Waals surface area contributed by atoms with Gasteiger partial charge in [-0.1, -0.05) is 12.1 Å². The highest BCUT2D eigenvalue weighted by Gasteiger charge is 2.49. The quantitative estimate of drug-likeness (QED) is 0.710. The number of nitrogens with one attached hydrogen (secondary N) is 1. The van der Waals surface area contributed by atoms with Crippen molar-refractivity contribution in [3.8, 4) is 0 Å². The molecule has 2 amide bonds. The molecule has 1 aromatic rings. The first kappa shape index (κ1) is 10.4. The minimum atomic E-state index is -0.257. The van der Waals surface area contributed by atoms with Gasteiger partial charge in [0.2, 0.25) is 0 Å². The van der Waals surface area contributed by atoms with Gasteiger partial charge in [0.25, 0.3) is 0 Å².